The Morgan fingerprint density at radius 1 is 1.05 bits per heavy atom. The maximum absolute atomic E-state index is 5.91. The van der Waals surface area contributed by atoms with Gasteiger partial charge in [-0.1, -0.05) is 42.5 Å². The number of hydrogen-bond donors (Lipinski definition) is 1. The number of ether oxygens (including phenoxy) is 2. The van der Waals surface area contributed by atoms with Gasteiger partial charge in [0.05, 0.1) is 12.7 Å². The van der Waals surface area contributed by atoms with Crippen molar-refractivity contribution in [1.82, 2.24) is 24.1 Å². The Kier molecular flexibility index (Phi) is 5.21. The smallest absolute Gasteiger partial charge is 0.218 e. The Bertz CT molecular complexity index is 1600. The van der Waals surface area contributed by atoms with Crippen LogP contribution in [0.25, 0.3) is 39.4 Å². The summed E-state index contributed by atoms with van der Waals surface area (Å²) < 4.78 is 15.4. The summed E-state index contributed by atoms with van der Waals surface area (Å²) in [5, 5.41) is 8.69. The van der Waals surface area contributed by atoms with Crippen LogP contribution in [0.2, 0.25) is 0 Å². The molecule has 4 heterocycles. The van der Waals surface area contributed by atoms with Crippen molar-refractivity contribution in [3.05, 3.63) is 72.7 Å². The predicted octanol–water partition coefficient (Wildman–Crippen LogP) is 4.99. The summed E-state index contributed by atoms with van der Waals surface area (Å²) in [6.45, 7) is 0.707. The van der Waals surface area contributed by atoms with Gasteiger partial charge in [-0.25, -0.2) is 14.5 Å². The highest BCUT2D eigenvalue weighted by molar-refractivity contribution is 6.00. The lowest BCUT2D eigenvalue weighted by molar-refractivity contribution is 0.0328. The molecule has 1 aliphatic heterocycles. The van der Waals surface area contributed by atoms with Crippen molar-refractivity contribution >= 4 is 11.3 Å². The van der Waals surface area contributed by atoms with Gasteiger partial charge < -0.3 is 19.4 Å². The van der Waals surface area contributed by atoms with Crippen LogP contribution in [-0.2, 0) is 18.2 Å². The van der Waals surface area contributed by atoms with E-state index in [9.17, 15) is 0 Å². The number of fused-ring (bicyclic) bond motifs is 2. The van der Waals surface area contributed by atoms with E-state index in [1.54, 1.807) is 13.3 Å². The molecule has 0 unspecified atom stereocenters. The van der Waals surface area contributed by atoms with Crippen LogP contribution in [0, 0.1) is 0 Å². The molecule has 1 fully saturated rings. The molecule has 186 valence electrons. The van der Waals surface area contributed by atoms with Gasteiger partial charge in [-0.3, -0.25) is 0 Å². The molecule has 0 amide bonds. The third kappa shape index (κ3) is 3.67. The van der Waals surface area contributed by atoms with Gasteiger partial charge in [-0.05, 0) is 30.0 Å². The van der Waals surface area contributed by atoms with Gasteiger partial charge in [-0.15, -0.1) is 5.10 Å². The Morgan fingerprint density at radius 2 is 1.92 bits per heavy atom. The van der Waals surface area contributed by atoms with E-state index in [1.807, 2.05) is 28.4 Å². The number of aromatic nitrogens is 5. The summed E-state index contributed by atoms with van der Waals surface area (Å²) in [6.07, 6.45) is 8.88. The normalized spacial score (nSPS) is 18.4. The van der Waals surface area contributed by atoms with E-state index in [-0.39, 0.29) is 12.1 Å². The third-order valence-electron chi connectivity index (χ3n) is 7.52. The second-order valence-electron chi connectivity index (χ2n) is 9.77. The molecule has 2 aliphatic rings. The number of nitrogens with one attached hydrogen (secondary N) is 1. The Labute approximate surface area is 214 Å². The molecule has 0 spiro atoms. The number of hydrogen-bond acceptors (Lipinski definition) is 6. The van der Waals surface area contributed by atoms with E-state index in [0.717, 1.165) is 58.9 Å². The second-order valence-corrected chi connectivity index (χ2v) is 9.77. The van der Waals surface area contributed by atoms with Gasteiger partial charge >= 0.3 is 0 Å². The van der Waals surface area contributed by atoms with Gasteiger partial charge in [0.1, 0.15) is 11.3 Å². The molecule has 37 heavy (non-hydrogen) atoms. The molecule has 0 radical (unpaired) electrons. The molecule has 1 saturated carbocycles. The second kappa shape index (κ2) is 8.74. The predicted molar refractivity (Wildman–Crippen MR) is 143 cm³/mol. The molecular weight excluding hydrogens is 464 g/mol. The largest absolute Gasteiger partial charge is 0.493 e. The number of aryl methyl sites for hydroxylation is 1. The van der Waals surface area contributed by atoms with Crippen molar-refractivity contribution in [3.63, 3.8) is 0 Å². The minimum Gasteiger partial charge on any atom is -0.493 e. The lowest BCUT2D eigenvalue weighted by Crippen LogP contribution is -2.40. The van der Waals surface area contributed by atoms with E-state index in [2.05, 4.69) is 59.0 Å². The highest BCUT2D eigenvalue weighted by Crippen LogP contribution is 2.44. The van der Waals surface area contributed by atoms with Crippen LogP contribution < -0.4 is 10.1 Å². The molecular formula is C29H28N6O2. The van der Waals surface area contributed by atoms with Crippen LogP contribution in [0.1, 0.15) is 18.4 Å². The standard InChI is InChI=1S/C29H28N6O2/c1-34-13-12-30-29(34)28-32-27(31-19-15-20(16-19)36-2)26-25(18-7-4-3-5-8-18)23(17-35(26)33-28)21-9-6-10-24-22(21)11-14-37-24/h3-10,12-13,17,19-20H,11,14-16H2,1-2H3,(H,31,32,33). The maximum atomic E-state index is 5.91. The summed E-state index contributed by atoms with van der Waals surface area (Å²) in [6, 6.07) is 17.1. The van der Waals surface area contributed by atoms with Gasteiger partial charge in [0.2, 0.25) is 5.82 Å². The summed E-state index contributed by atoms with van der Waals surface area (Å²) in [5.74, 6) is 3.07. The van der Waals surface area contributed by atoms with Crippen molar-refractivity contribution in [3.8, 4) is 39.7 Å². The molecule has 3 aromatic heterocycles. The summed E-state index contributed by atoms with van der Waals surface area (Å²) in [4.78, 5) is 9.58. The molecule has 0 atom stereocenters. The van der Waals surface area contributed by atoms with Gasteiger partial charge in [0, 0.05) is 61.9 Å². The van der Waals surface area contributed by atoms with Crippen LogP contribution in [0.15, 0.2) is 67.1 Å². The molecule has 0 saturated heterocycles. The Balaban J connectivity index is 1.49. The zero-order valence-electron chi connectivity index (χ0n) is 20.9. The number of imidazole rings is 1. The molecule has 2 aromatic carbocycles. The SMILES string of the molecule is COC1CC(Nc2nc(-c3nccn3C)nn3cc(-c4cccc5c4CCO5)c(-c4ccccc4)c23)C1. The van der Waals surface area contributed by atoms with E-state index >= 15 is 0 Å². The average molecular weight is 493 g/mol. The zero-order chi connectivity index (χ0) is 24.9. The van der Waals surface area contributed by atoms with Gasteiger partial charge in [0.25, 0.3) is 0 Å². The molecule has 7 rings (SSSR count). The average Bonchev–Trinajstić information content (AvgIpc) is 3.64. The quantitative estimate of drug-likeness (QED) is 0.360. The van der Waals surface area contributed by atoms with Crippen molar-refractivity contribution < 1.29 is 9.47 Å². The first kappa shape index (κ1) is 22.1. The maximum Gasteiger partial charge on any atom is 0.218 e. The van der Waals surface area contributed by atoms with Crippen molar-refractivity contribution in [2.24, 2.45) is 7.05 Å². The first-order valence-corrected chi connectivity index (χ1v) is 12.7. The first-order chi connectivity index (χ1) is 18.2. The topological polar surface area (TPSA) is 78.5 Å². The Hall–Kier alpha value is -4.17. The van der Waals surface area contributed by atoms with Crippen molar-refractivity contribution in [1.29, 1.82) is 0 Å². The molecule has 1 N–H and O–H groups in total. The molecule has 1 aliphatic carbocycles. The summed E-state index contributed by atoms with van der Waals surface area (Å²) in [5.41, 5.74) is 6.72. The molecule has 8 nitrogen and oxygen atoms in total. The van der Waals surface area contributed by atoms with Crippen molar-refractivity contribution in [2.45, 2.75) is 31.4 Å². The van der Waals surface area contributed by atoms with Crippen LogP contribution in [0.5, 0.6) is 5.75 Å². The molecule has 5 aromatic rings. The fraction of sp³-hybridized carbons (Fsp3) is 0.276. The third-order valence-corrected chi connectivity index (χ3v) is 7.52. The lowest BCUT2D eigenvalue weighted by Gasteiger charge is -2.35. The fourth-order valence-corrected chi connectivity index (χ4v) is 5.50. The number of methoxy groups -OCH3 is 1. The summed E-state index contributed by atoms with van der Waals surface area (Å²) >= 11 is 0. The van der Waals surface area contributed by atoms with Crippen molar-refractivity contribution in [2.75, 3.05) is 19.0 Å². The highest BCUT2D eigenvalue weighted by Gasteiger charge is 2.31. The molecule has 8 heteroatoms. The van der Waals surface area contributed by atoms with Crippen LogP contribution in [-0.4, -0.2) is 50.0 Å². The monoisotopic (exact) mass is 492 g/mol. The lowest BCUT2D eigenvalue weighted by atomic mass is 9.89. The number of nitrogens with zero attached hydrogens (tertiary/aromatic N) is 5. The van der Waals surface area contributed by atoms with Gasteiger partial charge in [0.15, 0.2) is 11.6 Å². The van der Waals surface area contributed by atoms with E-state index in [4.69, 9.17) is 19.6 Å². The van der Waals surface area contributed by atoms with E-state index < -0.39 is 0 Å². The zero-order valence-corrected chi connectivity index (χ0v) is 20.9. The highest BCUT2D eigenvalue weighted by atomic mass is 16.5. The minimum atomic E-state index is 0.284. The summed E-state index contributed by atoms with van der Waals surface area (Å²) in [7, 11) is 3.74. The fourth-order valence-electron chi connectivity index (χ4n) is 5.50. The number of rotatable bonds is 6. The van der Waals surface area contributed by atoms with Crippen LogP contribution in [0.3, 0.4) is 0 Å². The Morgan fingerprint density at radius 3 is 2.70 bits per heavy atom. The first-order valence-electron chi connectivity index (χ1n) is 12.7. The van der Waals surface area contributed by atoms with Crippen LogP contribution >= 0.6 is 0 Å². The van der Waals surface area contributed by atoms with Gasteiger partial charge in [-0.2, -0.15) is 0 Å². The van der Waals surface area contributed by atoms with E-state index in [1.165, 1.54) is 11.1 Å². The van der Waals surface area contributed by atoms with Crippen LogP contribution in [0.4, 0.5) is 5.82 Å². The number of anilines is 1. The number of benzene rings is 2. The van der Waals surface area contributed by atoms with E-state index in [0.29, 0.717) is 12.4 Å². The minimum absolute atomic E-state index is 0.284. The molecule has 0 bridgehead atoms.